The molecule has 1 saturated heterocycles. The van der Waals surface area contributed by atoms with Gasteiger partial charge in [0.05, 0.1) is 12.5 Å². The number of piperidine rings is 1. The first-order chi connectivity index (χ1) is 17.9. The second kappa shape index (κ2) is 10.7. The van der Waals surface area contributed by atoms with Crippen LogP contribution in [0.1, 0.15) is 45.1 Å². The molecule has 190 valence electrons. The smallest absolute Gasteiger partial charge is 0.241 e. The highest BCUT2D eigenvalue weighted by Crippen LogP contribution is 2.29. The zero-order chi connectivity index (χ0) is 25.8. The van der Waals surface area contributed by atoms with Crippen molar-refractivity contribution >= 4 is 11.6 Å². The fourth-order valence-corrected chi connectivity index (χ4v) is 4.86. The summed E-state index contributed by atoms with van der Waals surface area (Å²) in [5.74, 6) is 1.13. The van der Waals surface area contributed by atoms with Crippen LogP contribution in [0.25, 0.3) is 22.5 Å². The number of hydrogen-bond acceptors (Lipinski definition) is 5. The molecule has 4 aromatic rings. The molecular weight excluding hydrogens is 460 g/mol. The lowest BCUT2D eigenvalue weighted by Gasteiger charge is -2.31. The van der Waals surface area contributed by atoms with E-state index < -0.39 is 0 Å². The molecular formula is C31H34N4O2. The second-order valence-corrected chi connectivity index (χ2v) is 10.8. The number of nitrogens with zero attached hydrogens (tertiary/aromatic N) is 3. The Kier molecular flexibility index (Phi) is 7.19. The number of amides is 1. The quantitative estimate of drug-likeness (QED) is 0.329. The molecule has 1 aliphatic rings. The van der Waals surface area contributed by atoms with Crippen molar-refractivity contribution in [3.63, 3.8) is 0 Å². The van der Waals surface area contributed by atoms with E-state index in [2.05, 4.69) is 65.4 Å². The molecule has 0 aliphatic carbocycles. The van der Waals surface area contributed by atoms with E-state index in [1.807, 2.05) is 54.6 Å². The summed E-state index contributed by atoms with van der Waals surface area (Å²) in [6, 6.07) is 26.4. The van der Waals surface area contributed by atoms with Crippen molar-refractivity contribution in [3.05, 3.63) is 90.3 Å². The summed E-state index contributed by atoms with van der Waals surface area (Å²) in [6.07, 6.45) is 1.82. The molecule has 1 aliphatic heterocycles. The molecule has 1 fully saturated rings. The third-order valence-corrected chi connectivity index (χ3v) is 6.98. The van der Waals surface area contributed by atoms with E-state index in [4.69, 9.17) is 4.52 Å². The van der Waals surface area contributed by atoms with Crippen LogP contribution in [0, 0.1) is 5.92 Å². The predicted molar refractivity (Wildman–Crippen MR) is 147 cm³/mol. The van der Waals surface area contributed by atoms with Crippen molar-refractivity contribution in [1.29, 1.82) is 0 Å². The number of nitrogens with one attached hydrogen (secondary N) is 1. The molecule has 5 rings (SSSR count). The summed E-state index contributed by atoms with van der Waals surface area (Å²) in [5.41, 5.74) is 5.26. The molecule has 1 aromatic heterocycles. The van der Waals surface area contributed by atoms with E-state index in [1.54, 1.807) is 0 Å². The molecule has 2 heterocycles. The van der Waals surface area contributed by atoms with Gasteiger partial charge in [-0.25, -0.2) is 0 Å². The second-order valence-electron chi connectivity index (χ2n) is 10.8. The maximum Gasteiger partial charge on any atom is 0.241 e. The molecule has 0 saturated carbocycles. The van der Waals surface area contributed by atoms with Crippen LogP contribution in [0.3, 0.4) is 0 Å². The highest BCUT2D eigenvalue weighted by Gasteiger charge is 2.27. The molecule has 37 heavy (non-hydrogen) atoms. The van der Waals surface area contributed by atoms with Gasteiger partial charge in [-0.1, -0.05) is 98.7 Å². The van der Waals surface area contributed by atoms with Crippen LogP contribution >= 0.6 is 0 Å². The Bertz CT molecular complexity index is 1340. The van der Waals surface area contributed by atoms with Gasteiger partial charge in [0.25, 0.3) is 0 Å². The topological polar surface area (TPSA) is 71.3 Å². The minimum atomic E-state index is -0.0927. The van der Waals surface area contributed by atoms with E-state index in [0.29, 0.717) is 24.8 Å². The molecule has 1 amide bonds. The standard InChI is InChI=1S/C31H34N4O2/c1-31(2,3)25-17-15-23(16-18-25)29-33-28(37-34-29)21-35-19-9-12-24(20-35)30(36)32-27-14-8-7-13-26(27)22-10-5-4-6-11-22/h4-8,10-11,13-18,24H,9,12,19-21H2,1-3H3,(H,32,36). The summed E-state index contributed by atoms with van der Waals surface area (Å²) in [5, 5.41) is 7.39. The minimum absolute atomic E-state index is 0.0539. The molecule has 1 N–H and O–H groups in total. The molecule has 1 atom stereocenters. The SMILES string of the molecule is CC(C)(C)c1ccc(-c2noc(CN3CCCC(C(=O)Nc4ccccc4-c4ccccc4)C3)n2)cc1. The van der Waals surface area contributed by atoms with Gasteiger partial charge in [-0.05, 0) is 42.0 Å². The number of benzene rings is 3. The van der Waals surface area contributed by atoms with Crippen molar-refractivity contribution in [2.75, 3.05) is 18.4 Å². The highest BCUT2D eigenvalue weighted by atomic mass is 16.5. The number of aromatic nitrogens is 2. The van der Waals surface area contributed by atoms with Gasteiger partial charge in [-0.15, -0.1) is 0 Å². The zero-order valence-electron chi connectivity index (χ0n) is 21.8. The van der Waals surface area contributed by atoms with Gasteiger partial charge in [-0.2, -0.15) is 4.98 Å². The summed E-state index contributed by atoms with van der Waals surface area (Å²) in [4.78, 5) is 20.1. The van der Waals surface area contributed by atoms with Crippen molar-refractivity contribution < 1.29 is 9.32 Å². The van der Waals surface area contributed by atoms with Crippen molar-refractivity contribution in [1.82, 2.24) is 15.0 Å². The van der Waals surface area contributed by atoms with E-state index in [9.17, 15) is 4.79 Å². The number of para-hydroxylation sites is 1. The fourth-order valence-electron chi connectivity index (χ4n) is 4.86. The lowest BCUT2D eigenvalue weighted by atomic mass is 9.87. The Balaban J connectivity index is 1.22. The normalized spacial score (nSPS) is 16.5. The fraction of sp³-hybridized carbons (Fsp3) is 0.323. The van der Waals surface area contributed by atoms with Crippen LogP contribution in [-0.4, -0.2) is 34.0 Å². The van der Waals surface area contributed by atoms with Crippen LogP contribution in [0.2, 0.25) is 0 Å². The molecule has 1 unspecified atom stereocenters. The van der Waals surface area contributed by atoms with Crippen LogP contribution in [0.15, 0.2) is 83.4 Å². The molecule has 6 heteroatoms. The number of likely N-dealkylation sites (tertiary alicyclic amines) is 1. The highest BCUT2D eigenvalue weighted by molar-refractivity contribution is 5.97. The number of hydrogen-bond donors (Lipinski definition) is 1. The summed E-state index contributed by atoms with van der Waals surface area (Å²) < 4.78 is 5.57. The van der Waals surface area contributed by atoms with Gasteiger partial charge in [0.15, 0.2) is 0 Å². The lowest BCUT2D eigenvalue weighted by molar-refractivity contribution is -0.121. The number of carbonyl (C=O) groups excluding carboxylic acids is 1. The monoisotopic (exact) mass is 494 g/mol. The largest absolute Gasteiger partial charge is 0.338 e. The predicted octanol–water partition coefficient (Wildman–Crippen LogP) is 6.55. The number of rotatable bonds is 6. The average molecular weight is 495 g/mol. The van der Waals surface area contributed by atoms with E-state index in [1.165, 1.54) is 5.56 Å². The summed E-state index contributed by atoms with van der Waals surface area (Å²) in [6.45, 7) is 8.70. The maximum atomic E-state index is 13.2. The van der Waals surface area contributed by atoms with Gasteiger partial charge >= 0.3 is 0 Å². The third-order valence-electron chi connectivity index (χ3n) is 6.98. The van der Waals surface area contributed by atoms with Crippen LogP contribution in [-0.2, 0) is 16.8 Å². The van der Waals surface area contributed by atoms with Gasteiger partial charge in [0.2, 0.25) is 17.6 Å². The Hall–Kier alpha value is -3.77. The van der Waals surface area contributed by atoms with Gasteiger partial charge in [0, 0.05) is 23.4 Å². The molecule has 0 radical (unpaired) electrons. The van der Waals surface area contributed by atoms with Crippen molar-refractivity contribution in [2.24, 2.45) is 5.92 Å². The van der Waals surface area contributed by atoms with Crippen molar-refractivity contribution in [3.8, 4) is 22.5 Å². The Morgan fingerprint density at radius 2 is 1.70 bits per heavy atom. The van der Waals surface area contributed by atoms with E-state index in [-0.39, 0.29) is 17.2 Å². The molecule has 3 aromatic carbocycles. The first-order valence-electron chi connectivity index (χ1n) is 13.0. The summed E-state index contributed by atoms with van der Waals surface area (Å²) in [7, 11) is 0. The van der Waals surface area contributed by atoms with Crippen LogP contribution < -0.4 is 5.32 Å². The Morgan fingerprint density at radius 1 is 0.973 bits per heavy atom. The van der Waals surface area contributed by atoms with Crippen LogP contribution in [0.4, 0.5) is 5.69 Å². The van der Waals surface area contributed by atoms with E-state index >= 15 is 0 Å². The first-order valence-corrected chi connectivity index (χ1v) is 13.0. The third kappa shape index (κ3) is 5.97. The molecule has 0 spiro atoms. The van der Waals surface area contributed by atoms with Gasteiger partial charge in [-0.3, -0.25) is 9.69 Å². The first kappa shape index (κ1) is 24.9. The summed E-state index contributed by atoms with van der Waals surface area (Å²) >= 11 is 0. The zero-order valence-corrected chi connectivity index (χ0v) is 21.8. The van der Waals surface area contributed by atoms with Gasteiger partial charge in [0.1, 0.15) is 0 Å². The molecule has 0 bridgehead atoms. The van der Waals surface area contributed by atoms with Crippen LogP contribution in [0.5, 0.6) is 0 Å². The van der Waals surface area contributed by atoms with E-state index in [0.717, 1.165) is 41.8 Å². The van der Waals surface area contributed by atoms with Crippen molar-refractivity contribution in [2.45, 2.75) is 45.6 Å². The minimum Gasteiger partial charge on any atom is -0.338 e. The molecule has 6 nitrogen and oxygen atoms in total. The Labute approximate surface area is 218 Å². The lowest BCUT2D eigenvalue weighted by Crippen LogP contribution is -2.40. The Morgan fingerprint density at radius 3 is 2.46 bits per heavy atom. The maximum absolute atomic E-state index is 13.2. The number of carbonyl (C=O) groups is 1. The average Bonchev–Trinajstić information content (AvgIpc) is 3.38. The van der Waals surface area contributed by atoms with Gasteiger partial charge < -0.3 is 9.84 Å². The number of anilines is 1.